The second kappa shape index (κ2) is 11.9. The van der Waals surface area contributed by atoms with Crippen molar-refractivity contribution in [1.29, 1.82) is 0 Å². The lowest BCUT2D eigenvalue weighted by Gasteiger charge is -2.25. The van der Waals surface area contributed by atoms with Crippen molar-refractivity contribution >= 4 is 45.3 Å². The molecule has 1 aliphatic rings. The molecule has 0 bridgehead atoms. The molecule has 1 aliphatic carbocycles. The summed E-state index contributed by atoms with van der Waals surface area (Å²) in [6, 6.07) is 19.5. The SMILES string of the molecule is Cc1cnc(-c2ccc(Br)c(COc3ccc(-c4nc5cc(C(=O)O)ccc5n4C4CCCCC4)cc3)c2)o1.Cl. The van der Waals surface area contributed by atoms with Gasteiger partial charge in [0.1, 0.15) is 23.9 Å². The maximum Gasteiger partial charge on any atom is 0.335 e. The summed E-state index contributed by atoms with van der Waals surface area (Å²) in [4.78, 5) is 20.8. The number of rotatable bonds is 7. The van der Waals surface area contributed by atoms with Gasteiger partial charge in [-0.15, -0.1) is 12.4 Å². The Hall–Kier alpha value is -3.62. The van der Waals surface area contributed by atoms with Gasteiger partial charge in [0.05, 0.1) is 22.8 Å². The van der Waals surface area contributed by atoms with E-state index >= 15 is 0 Å². The Labute approximate surface area is 246 Å². The number of aromatic nitrogens is 3. The number of carboxylic acid groups (broad SMARTS) is 1. The fraction of sp³-hybridized carbons (Fsp3) is 0.258. The van der Waals surface area contributed by atoms with Crippen LogP contribution in [0, 0.1) is 6.92 Å². The third-order valence-electron chi connectivity index (χ3n) is 7.30. The van der Waals surface area contributed by atoms with Crippen molar-refractivity contribution in [3.8, 4) is 28.6 Å². The van der Waals surface area contributed by atoms with E-state index in [1.807, 2.05) is 55.5 Å². The van der Waals surface area contributed by atoms with Crippen LogP contribution in [0.5, 0.6) is 5.75 Å². The molecule has 0 amide bonds. The van der Waals surface area contributed by atoms with E-state index in [2.05, 4.69) is 25.5 Å². The summed E-state index contributed by atoms with van der Waals surface area (Å²) in [6.07, 6.45) is 7.54. The molecule has 1 fully saturated rings. The van der Waals surface area contributed by atoms with Crippen LogP contribution in [0.1, 0.15) is 59.8 Å². The van der Waals surface area contributed by atoms with Crippen molar-refractivity contribution in [1.82, 2.24) is 14.5 Å². The Balaban J connectivity index is 0.00000323. The molecule has 1 N–H and O–H groups in total. The van der Waals surface area contributed by atoms with E-state index in [1.165, 1.54) is 19.3 Å². The molecule has 40 heavy (non-hydrogen) atoms. The molecule has 3 aromatic carbocycles. The molecule has 0 saturated heterocycles. The van der Waals surface area contributed by atoms with Crippen LogP contribution in [0.3, 0.4) is 0 Å². The first-order valence-electron chi connectivity index (χ1n) is 13.2. The Morgan fingerprint density at radius 1 is 1.05 bits per heavy atom. The van der Waals surface area contributed by atoms with Gasteiger partial charge >= 0.3 is 5.97 Å². The largest absolute Gasteiger partial charge is 0.489 e. The van der Waals surface area contributed by atoms with Gasteiger partial charge in [0, 0.05) is 27.2 Å². The Bertz CT molecular complexity index is 1660. The summed E-state index contributed by atoms with van der Waals surface area (Å²) in [5.74, 6) is 2.02. The van der Waals surface area contributed by atoms with Crippen molar-refractivity contribution in [2.75, 3.05) is 0 Å². The maximum atomic E-state index is 11.6. The van der Waals surface area contributed by atoms with Gasteiger partial charge in [-0.3, -0.25) is 0 Å². The predicted octanol–water partition coefficient (Wildman–Crippen LogP) is 8.63. The standard InChI is InChI=1S/C31H28BrN3O4.ClH/c1-19-17-33-30(39-19)21-9-13-26(32)23(15-21)18-38-25-11-7-20(8-12-25)29-34-27-16-22(31(36)37)10-14-28(27)35(29)24-5-3-2-4-6-24;/h7-17,24H,2-6,18H2,1H3,(H,36,37);1H. The van der Waals surface area contributed by atoms with Gasteiger partial charge < -0.3 is 18.8 Å². The van der Waals surface area contributed by atoms with Gasteiger partial charge in [-0.25, -0.2) is 14.8 Å². The zero-order valence-electron chi connectivity index (χ0n) is 22.0. The number of ether oxygens (including phenoxy) is 1. The lowest BCUT2D eigenvalue weighted by Crippen LogP contribution is -2.14. The van der Waals surface area contributed by atoms with E-state index in [0.29, 0.717) is 24.1 Å². The van der Waals surface area contributed by atoms with Crippen LogP contribution >= 0.6 is 28.3 Å². The van der Waals surface area contributed by atoms with E-state index in [4.69, 9.17) is 14.1 Å². The molecule has 6 rings (SSSR count). The minimum atomic E-state index is -0.945. The van der Waals surface area contributed by atoms with Crippen LogP contribution in [0.15, 0.2) is 75.8 Å². The lowest BCUT2D eigenvalue weighted by atomic mass is 9.95. The van der Waals surface area contributed by atoms with Crippen molar-refractivity contribution in [2.45, 2.75) is 51.7 Å². The normalized spacial score (nSPS) is 13.8. The summed E-state index contributed by atoms with van der Waals surface area (Å²) in [5.41, 5.74) is 4.80. The maximum absolute atomic E-state index is 11.6. The number of oxazole rings is 1. The number of imidazole rings is 1. The number of aryl methyl sites for hydroxylation is 1. The molecule has 2 aromatic heterocycles. The van der Waals surface area contributed by atoms with E-state index in [9.17, 15) is 9.90 Å². The highest BCUT2D eigenvalue weighted by atomic mass is 79.9. The zero-order chi connectivity index (χ0) is 26.9. The summed E-state index contributed by atoms with van der Waals surface area (Å²) in [6.45, 7) is 2.26. The van der Waals surface area contributed by atoms with Gasteiger partial charge in [-0.2, -0.15) is 0 Å². The number of fused-ring (bicyclic) bond motifs is 1. The molecule has 0 atom stereocenters. The van der Waals surface area contributed by atoms with Crippen LogP contribution in [-0.4, -0.2) is 25.6 Å². The van der Waals surface area contributed by atoms with Crippen molar-refractivity contribution in [3.05, 3.63) is 88.2 Å². The summed E-state index contributed by atoms with van der Waals surface area (Å²) in [7, 11) is 0. The van der Waals surface area contributed by atoms with Crippen LogP contribution < -0.4 is 4.74 Å². The average Bonchev–Trinajstić information content (AvgIpc) is 3.56. The first-order chi connectivity index (χ1) is 19.0. The van der Waals surface area contributed by atoms with Gasteiger partial charge in [-0.1, -0.05) is 35.2 Å². The van der Waals surface area contributed by atoms with Gasteiger partial charge in [0.25, 0.3) is 0 Å². The molecule has 0 aliphatic heterocycles. The highest BCUT2D eigenvalue weighted by Gasteiger charge is 2.23. The van der Waals surface area contributed by atoms with Gasteiger partial charge in [-0.05, 0) is 80.4 Å². The number of hydrogen-bond donors (Lipinski definition) is 1. The van der Waals surface area contributed by atoms with E-state index < -0.39 is 5.97 Å². The smallest absolute Gasteiger partial charge is 0.335 e. The van der Waals surface area contributed by atoms with Gasteiger partial charge in [0.15, 0.2) is 0 Å². The Morgan fingerprint density at radius 3 is 2.50 bits per heavy atom. The van der Waals surface area contributed by atoms with E-state index in [-0.39, 0.29) is 18.0 Å². The zero-order valence-corrected chi connectivity index (χ0v) is 24.4. The molecule has 1 saturated carbocycles. The van der Waals surface area contributed by atoms with Crippen LogP contribution in [0.25, 0.3) is 33.9 Å². The number of aromatic carboxylic acids is 1. The Kier molecular flexibility index (Phi) is 8.28. The predicted molar refractivity (Wildman–Crippen MR) is 160 cm³/mol. The van der Waals surface area contributed by atoms with E-state index in [1.54, 1.807) is 18.3 Å². The van der Waals surface area contributed by atoms with Crippen molar-refractivity contribution in [2.24, 2.45) is 0 Å². The molecule has 206 valence electrons. The molecule has 7 nitrogen and oxygen atoms in total. The molecule has 0 radical (unpaired) electrons. The van der Waals surface area contributed by atoms with Crippen LogP contribution in [-0.2, 0) is 6.61 Å². The van der Waals surface area contributed by atoms with Crippen molar-refractivity contribution < 1.29 is 19.1 Å². The molecular weight excluding hydrogens is 594 g/mol. The molecule has 0 unspecified atom stereocenters. The minimum Gasteiger partial charge on any atom is -0.489 e. The number of carbonyl (C=O) groups is 1. The highest BCUT2D eigenvalue weighted by Crippen LogP contribution is 2.37. The second-order valence-corrected chi connectivity index (χ2v) is 10.9. The first-order valence-corrected chi connectivity index (χ1v) is 14.0. The van der Waals surface area contributed by atoms with Gasteiger partial charge in [0.2, 0.25) is 5.89 Å². The summed E-state index contributed by atoms with van der Waals surface area (Å²) < 4.78 is 15.1. The average molecular weight is 623 g/mol. The number of benzene rings is 3. The number of hydrogen-bond acceptors (Lipinski definition) is 5. The molecular formula is C31H29BrClN3O4. The Morgan fingerprint density at radius 2 is 1.80 bits per heavy atom. The van der Waals surface area contributed by atoms with Crippen molar-refractivity contribution in [3.63, 3.8) is 0 Å². The number of nitrogens with zero attached hydrogens (tertiary/aromatic N) is 3. The third-order valence-corrected chi connectivity index (χ3v) is 8.07. The molecule has 0 spiro atoms. The quantitative estimate of drug-likeness (QED) is 0.195. The first kappa shape index (κ1) is 27.9. The fourth-order valence-electron chi connectivity index (χ4n) is 5.31. The fourth-order valence-corrected chi connectivity index (χ4v) is 5.67. The highest BCUT2D eigenvalue weighted by molar-refractivity contribution is 9.10. The number of carboxylic acids is 1. The lowest BCUT2D eigenvalue weighted by molar-refractivity contribution is 0.0697. The van der Waals surface area contributed by atoms with Crippen LogP contribution in [0.2, 0.25) is 0 Å². The topological polar surface area (TPSA) is 90.4 Å². The number of halogens is 2. The third kappa shape index (κ3) is 5.64. The van der Waals surface area contributed by atoms with Crippen LogP contribution in [0.4, 0.5) is 0 Å². The molecule has 9 heteroatoms. The minimum absolute atomic E-state index is 0. The summed E-state index contributed by atoms with van der Waals surface area (Å²) in [5, 5.41) is 9.48. The molecule has 5 aromatic rings. The molecule has 2 heterocycles. The summed E-state index contributed by atoms with van der Waals surface area (Å²) >= 11 is 3.62. The van der Waals surface area contributed by atoms with E-state index in [0.717, 1.165) is 56.9 Å². The monoisotopic (exact) mass is 621 g/mol. The second-order valence-electron chi connectivity index (χ2n) is 10.0.